The third kappa shape index (κ3) is 57.4. The second-order valence-corrected chi connectivity index (χ2v) is 19.9. The van der Waals surface area contributed by atoms with Crippen LogP contribution in [0.1, 0.15) is 290 Å². The maximum atomic E-state index is 12.9. The van der Waals surface area contributed by atoms with Crippen molar-refractivity contribution in [1.82, 2.24) is 0 Å². The smallest absolute Gasteiger partial charge is 0.306 e. The molecular formula is C65H112O6. The van der Waals surface area contributed by atoms with E-state index in [1.165, 1.54) is 148 Å². The number of carbonyl (C=O) groups is 3. The first kappa shape index (κ1) is 67.6. The second kappa shape index (κ2) is 59.2. The molecule has 1 atom stereocenters. The molecule has 0 spiro atoms. The highest BCUT2D eigenvalue weighted by atomic mass is 16.6. The Labute approximate surface area is 439 Å². The molecule has 0 N–H and O–H groups in total. The van der Waals surface area contributed by atoms with Gasteiger partial charge in [-0.25, -0.2) is 0 Å². The summed E-state index contributed by atoms with van der Waals surface area (Å²) in [6, 6.07) is 0. The van der Waals surface area contributed by atoms with Crippen molar-refractivity contribution in [1.29, 1.82) is 0 Å². The van der Waals surface area contributed by atoms with Gasteiger partial charge < -0.3 is 14.2 Å². The van der Waals surface area contributed by atoms with Crippen molar-refractivity contribution in [3.05, 3.63) is 85.1 Å². The normalized spacial score (nSPS) is 12.7. The van der Waals surface area contributed by atoms with Gasteiger partial charge in [-0.3, -0.25) is 14.4 Å². The van der Waals surface area contributed by atoms with Crippen LogP contribution in [0.3, 0.4) is 0 Å². The Kier molecular flexibility index (Phi) is 56.3. The van der Waals surface area contributed by atoms with Crippen molar-refractivity contribution in [3.8, 4) is 0 Å². The first-order valence-electron chi connectivity index (χ1n) is 30.1. The van der Waals surface area contributed by atoms with E-state index in [0.717, 1.165) is 103 Å². The van der Waals surface area contributed by atoms with E-state index in [4.69, 9.17) is 14.2 Å². The standard InChI is InChI=1S/C65H112O6/c1-4-7-10-13-16-19-22-25-27-29-30-31-32-33-34-36-37-40-43-46-49-52-55-58-64(67)70-61-62(60-69-63(66)57-54-51-48-45-42-39-24-21-18-15-12-9-6-3)71-65(68)59-56-53-50-47-44-41-38-35-28-26-23-20-17-14-11-8-5-2/h7,10,16,19,21,24-28,30-31,33-34,62H,4-6,8-9,11-15,17-18,20,22-23,29,32,35-61H2,1-3H3/b10-7-,19-16-,24-21-,27-25-,28-26-,31-30-,34-33-. The molecule has 0 bridgehead atoms. The fourth-order valence-corrected chi connectivity index (χ4v) is 8.34. The first-order chi connectivity index (χ1) is 35.0. The molecule has 0 fully saturated rings. The van der Waals surface area contributed by atoms with Crippen LogP contribution in [0, 0.1) is 0 Å². The van der Waals surface area contributed by atoms with Crippen LogP contribution in [0.2, 0.25) is 0 Å². The Hall–Kier alpha value is -3.41. The quantitative estimate of drug-likeness (QED) is 0.0261. The molecule has 0 radical (unpaired) electrons. The maximum absolute atomic E-state index is 12.9. The minimum absolute atomic E-state index is 0.0854. The number of hydrogen-bond donors (Lipinski definition) is 0. The van der Waals surface area contributed by atoms with E-state index < -0.39 is 6.10 Å². The number of allylic oxidation sites excluding steroid dienone is 14. The van der Waals surface area contributed by atoms with Crippen LogP contribution < -0.4 is 0 Å². The lowest BCUT2D eigenvalue weighted by molar-refractivity contribution is -0.167. The van der Waals surface area contributed by atoms with Crippen molar-refractivity contribution in [2.45, 2.75) is 297 Å². The lowest BCUT2D eigenvalue weighted by atomic mass is 10.1. The molecule has 0 aromatic carbocycles. The highest BCUT2D eigenvalue weighted by Crippen LogP contribution is 2.15. The molecule has 0 aliphatic rings. The summed E-state index contributed by atoms with van der Waals surface area (Å²) < 4.78 is 16.9. The summed E-state index contributed by atoms with van der Waals surface area (Å²) in [6.45, 7) is 6.51. The molecular weight excluding hydrogens is 877 g/mol. The van der Waals surface area contributed by atoms with Crippen LogP contribution in [0.15, 0.2) is 85.1 Å². The van der Waals surface area contributed by atoms with Crippen LogP contribution in [0.25, 0.3) is 0 Å². The minimum Gasteiger partial charge on any atom is -0.462 e. The van der Waals surface area contributed by atoms with E-state index in [9.17, 15) is 14.4 Å². The molecule has 0 saturated heterocycles. The number of carbonyl (C=O) groups excluding carboxylic acids is 3. The molecule has 6 nitrogen and oxygen atoms in total. The third-order valence-corrected chi connectivity index (χ3v) is 12.9. The Balaban J connectivity index is 4.37. The van der Waals surface area contributed by atoms with Gasteiger partial charge in [0.05, 0.1) is 0 Å². The average Bonchev–Trinajstić information content (AvgIpc) is 3.37. The fourth-order valence-electron chi connectivity index (χ4n) is 8.34. The van der Waals surface area contributed by atoms with E-state index >= 15 is 0 Å². The molecule has 0 aromatic heterocycles. The van der Waals surface area contributed by atoms with Crippen molar-refractivity contribution in [2.24, 2.45) is 0 Å². The van der Waals surface area contributed by atoms with E-state index in [0.29, 0.717) is 19.3 Å². The molecule has 408 valence electrons. The van der Waals surface area contributed by atoms with Crippen molar-refractivity contribution in [3.63, 3.8) is 0 Å². The number of ether oxygens (including phenoxy) is 3. The molecule has 0 amide bonds. The number of hydrogen-bond acceptors (Lipinski definition) is 6. The monoisotopic (exact) mass is 989 g/mol. The van der Waals surface area contributed by atoms with Crippen LogP contribution in [0.4, 0.5) is 0 Å². The summed E-state index contributed by atoms with van der Waals surface area (Å²) >= 11 is 0. The van der Waals surface area contributed by atoms with Crippen LogP contribution in [0.5, 0.6) is 0 Å². The highest BCUT2D eigenvalue weighted by molar-refractivity contribution is 5.71. The molecule has 0 rings (SSSR count). The molecule has 6 heteroatoms. The fraction of sp³-hybridized carbons (Fsp3) is 0.738. The van der Waals surface area contributed by atoms with E-state index in [-0.39, 0.29) is 31.1 Å². The van der Waals surface area contributed by atoms with Crippen LogP contribution in [-0.4, -0.2) is 37.2 Å². The largest absolute Gasteiger partial charge is 0.462 e. The van der Waals surface area contributed by atoms with Crippen molar-refractivity contribution < 1.29 is 28.6 Å². The predicted molar refractivity (Wildman–Crippen MR) is 307 cm³/mol. The molecule has 71 heavy (non-hydrogen) atoms. The summed E-state index contributed by atoms with van der Waals surface area (Å²) in [6.07, 6.45) is 77.1. The topological polar surface area (TPSA) is 78.9 Å². The van der Waals surface area contributed by atoms with Gasteiger partial charge in [-0.15, -0.1) is 0 Å². The number of rotatable bonds is 54. The molecule has 0 aromatic rings. The average molecular weight is 990 g/mol. The summed E-state index contributed by atoms with van der Waals surface area (Å²) in [5, 5.41) is 0. The van der Waals surface area contributed by atoms with E-state index in [2.05, 4.69) is 106 Å². The molecule has 0 saturated carbocycles. The van der Waals surface area contributed by atoms with Crippen LogP contribution >= 0.6 is 0 Å². The zero-order chi connectivity index (χ0) is 51.4. The van der Waals surface area contributed by atoms with Crippen molar-refractivity contribution >= 4 is 17.9 Å². The lowest BCUT2D eigenvalue weighted by Gasteiger charge is -2.18. The van der Waals surface area contributed by atoms with Gasteiger partial charge in [0.1, 0.15) is 13.2 Å². The summed E-state index contributed by atoms with van der Waals surface area (Å²) in [5.74, 6) is -0.901. The van der Waals surface area contributed by atoms with Gasteiger partial charge >= 0.3 is 17.9 Å². The Morgan fingerprint density at radius 1 is 0.296 bits per heavy atom. The van der Waals surface area contributed by atoms with E-state index in [1.54, 1.807) is 0 Å². The van der Waals surface area contributed by atoms with Gasteiger partial charge in [0.2, 0.25) is 0 Å². The maximum Gasteiger partial charge on any atom is 0.306 e. The molecule has 1 unspecified atom stereocenters. The highest BCUT2D eigenvalue weighted by Gasteiger charge is 2.19. The van der Waals surface area contributed by atoms with Crippen molar-refractivity contribution in [2.75, 3.05) is 13.2 Å². The zero-order valence-electron chi connectivity index (χ0n) is 46.7. The van der Waals surface area contributed by atoms with Gasteiger partial charge in [-0.2, -0.15) is 0 Å². The Morgan fingerprint density at radius 3 is 0.887 bits per heavy atom. The number of esters is 3. The lowest BCUT2D eigenvalue weighted by Crippen LogP contribution is -2.30. The summed E-state index contributed by atoms with van der Waals surface area (Å²) in [4.78, 5) is 38.2. The van der Waals surface area contributed by atoms with Gasteiger partial charge in [0.25, 0.3) is 0 Å². The first-order valence-corrected chi connectivity index (χ1v) is 30.1. The molecule has 0 heterocycles. The SMILES string of the molecule is CC/C=C\C/C=C\C/C=C\C/C=C\C/C=C\CCCCCCCCCC(=O)OCC(COC(=O)CCCCCCC/C=C\CCCCCC)OC(=O)CCCCCCCCC/C=C\CCCCCCCC. The molecule has 0 aliphatic carbocycles. The minimum atomic E-state index is -0.787. The van der Waals surface area contributed by atoms with Gasteiger partial charge in [-0.05, 0) is 116 Å². The number of unbranched alkanes of at least 4 members (excludes halogenated alkanes) is 29. The van der Waals surface area contributed by atoms with Crippen LogP contribution in [-0.2, 0) is 28.6 Å². The van der Waals surface area contributed by atoms with E-state index in [1.807, 2.05) is 0 Å². The zero-order valence-corrected chi connectivity index (χ0v) is 46.7. The Bertz CT molecular complexity index is 1370. The Morgan fingerprint density at radius 2 is 0.549 bits per heavy atom. The van der Waals surface area contributed by atoms with Gasteiger partial charge in [-0.1, -0.05) is 241 Å². The molecule has 0 aliphatic heterocycles. The predicted octanol–water partition coefficient (Wildman–Crippen LogP) is 20.3. The third-order valence-electron chi connectivity index (χ3n) is 12.9. The summed E-state index contributed by atoms with van der Waals surface area (Å²) in [5.41, 5.74) is 0. The second-order valence-electron chi connectivity index (χ2n) is 19.9. The summed E-state index contributed by atoms with van der Waals surface area (Å²) in [7, 11) is 0. The van der Waals surface area contributed by atoms with Gasteiger partial charge in [0, 0.05) is 19.3 Å². The van der Waals surface area contributed by atoms with Gasteiger partial charge in [0.15, 0.2) is 6.10 Å².